The van der Waals surface area contributed by atoms with Crippen LogP contribution in [0, 0.1) is 0 Å². The van der Waals surface area contributed by atoms with Gasteiger partial charge in [-0.2, -0.15) is 0 Å². The number of ether oxygens (including phenoxy) is 2. The summed E-state index contributed by atoms with van der Waals surface area (Å²) in [7, 11) is 0. The summed E-state index contributed by atoms with van der Waals surface area (Å²) in [4.78, 5) is 11.4. The van der Waals surface area contributed by atoms with Gasteiger partial charge in [-0.05, 0) is 12.1 Å². The zero-order chi connectivity index (χ0) is 16.6. The van der Waals surface area contributed by atoms with Crippen LogP contribution in [0.4, 0.5) is 0 Å². The Hall–Kier alpha value is -1.97. The van der Waals surface area contributed by atoms with Crippen LogP contribution in [0.1, 0.15) is 0 Å². The van der Waals surface area contributed by atoms with E-state index in [1.54, 1.807) is 18.2 Å². The quantitative estimate of drug-likeness (QED) is 0.528. The van der Waals surface area contributed by atoms with Gasteiger partial charge in [-0.15, -0.1) is 0 Å². The molecule has 0 unspecified atom stereocenters. The van der Waals surface area contributed by atoms with Gasteiger partial charge in [-0.3, -0.25) is 0 Å². The van der Waals surface area contributed by atoms with Gasteiger partial charge in [0.2, 0.25) is 6.29 Å². The van der Waals surface area contributed by atoms with Crippen molar-refractivity contribution in [3.8, 4) is 5.75 Å². The van der Waals surface area contributed by atoms with E-state index < -0.39 is 42.9 Å². The first-order valence-corrected chi connectivity index (χ1v) is 7.01. The van der Waals surface area contributed by atoms with Crippen LogP contribution in [-0.2, 0) is 4.74 Å². The van der Waals surface area contributed by atoms with Gasteiger partial charge in [0, 0.05) is 11.5 Å². The monoisotopic (exact) mass is 324 g/mol. The zero-order valence-electron chi connectivity index (χ0n) is 11.9. The summed E-state index contributed by atoms with van der Waals surface area (Å²) in [6.07, 6.45) is -6.99. The van der Waals surface area contributed by atoms with Crippen molar-refractivity contribution < 1.29 is 34.3 Å². The Bertz CT molecular complexity index is 740. The maximum atomic E-state index is 11.4. The fraction of sp³-hybridized carbons (Fsp3) is 0.400. The van der Waals surface area contributed by atoms with Crippen molar-refractivity contribution in [2.75, 3.05) is 6.61 Å². The molecule has 1 aliphatic heterocycles. The van der Waals surface area contributed by atoms with Crippen molar-refractivity contribution >= 4 is 11.0 Å². The fourth-order valence-electron chi connectivity index (χ4n) is 2.45. The van der Waals surface area contributed by atoms with Crippen molar-refractivity contribution in [1.29, 1.82) is 0 Å². The first kappa shape index (κ1) is 15.9. The van der Waals surface area contributed by atoms with Crippen LogP contribution in [0.2, 0.25) is 0 Å². The van der Waals surface area contributed by atoms with E-state index in [4.69, 9.17) is 19.0 Å². The van der Waals surface area contributed by atoms with Gasteiger partial charge in [-0.25, -0.2) is 4.79 Å². The molecule has 1 aromatic heterocycles. The number of hydrogen-bond acceptors (Lipinski definition) is 8. The highest BCUT2D eigenvalue weighted by Crippen LogP contribution is 2.29. The third-order valence-corrected chi connectivity index (χ3v) is 3.70. The van der Waals surface area contributed by atoms with E-state index in [1.165, 1.54) is 12.1 Å². The van der Waals surface area contributed by atoms with Gasteiger partial charge in [-0.1, -0.05) is 12.1 Å². The lowest BCUT2D eigenvalue weighted by atomic mass is 9.99. The first-order chi connectivity index (χ1) is 11.0. The van der Waals surface area contributed by atoms with Crippen LogP contribution in [-0.4, -0.2) is 57.7 Å². The van der Waals surface area contributed by atoms with Crippen molar-refractivity contribution in [1.82, 2.24) is 0 Å². The smallest absolute Gasteiger partial charge is 0.336 e. The van der Waals surface area contributed by atoms with Crippen molar-refractivity contribution in [2.45, 2.75) is 30.7 Å². The van der Waals surface area contributed by atoms with E-state index in [0.29, 0.717) is 5.39 Å². The van der Waals surface area contributed by atoms with Crippen LogP contribution in [0.25, 0.3) is 11.0 Å². The van der Waals surface area contributed by atoms with E-state index in [-0.39, 0.29) is 11.3 Å². The molecular formula is C15H16O8. The molecule has 8 nitrogen and oxygen atoms in total. The SMILES string of the molecule is O=c1ccc2cccc(O[C@@H]3O[C@H](CO)[C@@H](O)[C@H](O)[C@H]3O)c2o1. The molecule has 0 spiro atoms. The van der Waals surface area contributed by atoms with E-state index in [1.807, 2.05) is 0 Å². The molecule has 1 fully saturated rings. The van der Waals surface area contributed by atoms with Gasteiger partial charge in [0.15, 0.2) is 11.3 Å². The molecule has 1 aromatic carbocycles. The normalized spacial score (nSPS) is 31.2. The molecule has 124 valence electrons. The molecule has 2 aromatic rings. The van der Waals surface area contributed by atoms with Gasteiger partial charge < -0.3 is 34.3 Å². The Morgan fingerprint density at radius 2 is 1.83 bits per heavy atom. The zero-order valence-corrected chi connectivity index (χ0v) is 11.9. The van der Waals surface area contributed by atoms with Gasteiger partial charge >= 0.3 is 5.63 Å². The third kappa shape index (κ3) is 2.94. The van der Waals surface area contributed by atoms with E-state index in [2.05, 4.69) is 0 Å². The number of fused-ring (bicyclic) bond motifs is 1. The highest BCUT2D eigenvalue weighted by molar-refractivity contribution is 5.82. The topological polar surface area (TPSA) is 130 Å². The van der Waals surface area contributed by atoms with Crippen LogP contribution >= 0.6 is 0 Å². The largest absolute Gasteiger partial charge is 0.458 e. The summed E-state index contributed by atoms with van der Waals surface area (Å²) in [5.74, 6) is 0.129. The molecule has 1 aliphatic rings. The molecule has 1 saturated heterocycles. The van der Waals surface area contributed by atoms with Crippen LogP contribution in [0.15, 0.2) is 39.5 Å². The summed E-state index contributed by atoms with van der Waals surface area (Å²) in [6.45, 7) is -0.560. The van der Waals surface area contributed by atoms with Crippen LogP contribution < -0.4 is 10.4 Å². The number of benzene rings is 1. The van der Waals surface area contributed by atoms with E-state index >= 15 is 0 Å². The van der Waals surface area contributed by atoms with E-state index in [0.717, 1.165) is 0 Å². The molecule has 0 amide bonds. The molecule has 4 N–H and O–H groups in total. The Kier molecular flexibility index (Phi) is 4.33. The van der Waals surface area contributed by atoms with Gasteiger partial charge in [0.1, 0.15) is 24.4 Å². The molecule has 0 bridgehead atoms. The molecule has 23 heavy (non-hydrogen) atoms. The summed E-state index contributed by atoms with van der Waals surface area (Å²) in [6, 6.07) is 7.69. The molecule has 0 aliphatic carbocycles. The van der Waals surface area contributed by atoms with Crippen molar-refractivity contribution in [3.63, 3.8) is 0 Å². The van der Waals surface area contributed by atoms with Crippen molar-refractivity contribution in [3.05, 3.63) is 40.8 Å². The Balaban J connectivity index is 1.92. The second-order valence-corrected chi connectivity index (χ2v) is 5.24. The lowest BCUT2D eigenvalue weighted by Gasteiger charge is -2.39. The summed E-state index contributed by atoms with van der Waals surface area (Å²) in [5, 5.41) is 39.2. The van der Waals surface area contributed by atoms with Crippen molar-refractivity contribution in [2.24, 2.45) is 0 Å². The molecule has 5 atom stereocenters. The number of para-hydroxylation sites is 1. The average Bonchev–Trinajstić information content (AvgIpc) is 2.55. The molecule has 3 rings (SSSR count). The molecule has 8 heteroatoms. The predicted molar refractivity (Wildman–Crippen MR) is 76.9 cm³/mol. The Labute approximate surface area is 130 Å². The van der Waals surface area contributed by atoms with Crippen LogP contribution in [0.3, 0.4) is 0 Å². The second-order valence-electron chi connectivity index (χ2n) is 5.24. The highest BCUT2D eigenvalue weighted by atomic mass is 16.7. The summed E-state index contributed by atoms with van der Waals surface area (Å²) >= 11 is 0. The Morgan fingerprint density at radius 1 is 1.04 bits per heavy atom. The lowest BCUT2D eigenvalue weighted by Crippen LogP contribution is -2.60. The molecule has 2 heterocycles. The first-order valence-electron chi connectivity index (χ1n) is 7.01. The summed E-state index contributed by atoms with van der Waals surface area (Å²) < 4.78 is 15.9. The highest BCUT2D eigenvalue weighted by Gasteiger charge is 2.44. The maximum Gasteiger partial charge on any atom is 0.336 e. The summed E-state index contributed by atoms with van der Waals surface area (Å²) in [5.41, 5.74) is -0.403. The molecular weight excluding hydrogens is 308 g/mol. The van der Waals surface area contributed by atoms with Gasteiger partial charge in [0.25, 0.3) is 0 Å². The minimum Gasteiger partial charge on any atom is -0.458 e. The number of aliphatic hydroxyl groups excluding tert-OH is 4. The van der Waals surface area contributed by atoms with Crippen LogP contribution in [0.5, 0.6) is 5.75 Å². The maximum absolute atomic E-state index is 11.4. The Morgan fingerprint density at radius 3 is 2.57 bits per heavy atom. The minimum absolute atomic E-state index is 0.129. The third-order valence-electron chi connectivity index (χ3n) is 3.70. The number of hydrogen-bond donors (Lipinski definition) is 4. The standard InChI is InChI=1S/C15H16O8/c16-6-9-11(18)12(19)13(20)15(22-9)21-8-3-1-2-7-4-5-10(17)23-14(7)8/h1-5,9,11-13,15-16,18-20H,6H2/t9-,11-,12+,13-,15-/m1/s1. The predicted octanol–water partition coefficient (Wildman–Crippen LogP) is -1.03. The second kappa shape index (κ2) is 6.26. The lowest BCUT2D eigenvalue weighted by molar-refractivity contribution is -0.277. The minimum atomic E-state index is -1.55. The van der Waals surface area contributed by atoms with Gasteiger partial charge in [0.05, 0.1) is 6.61 Å². The molecule has 0 radical (unpaired) electrons. The number of aliphatic hydroxyl groups is 4. The van der Waals surface area contributed by atoms with E-state index in [9.17, 15) is 20.1 Å². The fourth-order valence-corrected chi connectivity index (χ4v) is 2.45. The average molecular weight is 324 g/mol. The molecule has 0 saturated carbocycles. The number of rotatable bonds is 3.